The Labute approximate surface area is 158 Å². The van der Waals surface area contributed by atoms with Gasteiger partial charge in [0.1, 0.15) is 0 Å². The van der Waals surface area contributed by atoms with Crippen molar-refractivity contribution in [1.82, 2.24) is 19.9 Å². The number of benzene rings is 1. The van der Waals surface area contributed by atoms with Crippen molar-refractivity contribution in [2.45, 2.75) is 20.4 Å². The standard InChI is InChI=1S/C18H18N6O4/c1-8(2)14(25)12-5-9(3-4-11(12)17(27)28)20-6-10-7-21-15-13(22-10)16(26)24-18(19)23-15/h3-5,7-8,20H,6H2,1-2H3,(H,27,28)(H3,19,21,23,24,26). The SMILES string of the molecule is CC(C)C(=O)c1cc(NCc2cnc3nc(N)[nH]c(=O)c3n2)ccc1C(=O)O. The molecular weight excluding hydrogens is 364 g/mol. The molecule has 144 valence electrons. The van der Waals surface area contributed by atoms with E-state index >= 15 is 0 Å². The summed E-state index contributed by atoms with van der Waals surface area (Å²) in [7, 11) is 0. The van der Waals surface area contributed by atoms with Crippen LogP contribution in [0.15, 0.2) is 29.2 Å². The Morgan fingerprint density at radius 1 is 1.25 bits per heavy atom. The first kappa shape index (κ1) is 19.0. The van der Waals surface area contributed by atoms with Gasteiger partial charge in [-0.2, -0.15) is 4.98 Å². The number of fused-ring (bicyclic) bond motifs is 1. The van der Waals surface area contributed by atoms with Crippen LogP contribution in [0.5, 0.6) is 0 Å². The van der Waals surface area contributed by atoms with Gasteiger partial charge in [-0.25, -0.2) is 14.8 Å². The lowest BCUT2D eigenvalue weighted by atomic mass is 9.96. The third-order valence-electron chi connectivity index (χ3n) is 4.00. The third-order valence-corrected chi connectivity index (χ3v) is 4.00. The van der Waals surface area contributed by atoms with Crippen LogP contribution in [0.2, 0.25) is 0 Å². The Bertz CT molecular complexity index is 1140. The van der Waals surface area contributed by atoms with E-state index < -0.39 is 11.5 Å². The Morgan fingerprint density at radius 2 is 2.00 bits per heavy atom. The number of carboxylic acid groups (broad SMARTS) is 1. The van der Waals surface area contributed by atoms with Crippen LogP contribution in [-0.4, -0.2) is 36.8 Å². The number of nitrogens with two attached hydrogens (primary N) is 1. The van der Waals surface area contributed by atoms with Gasteiger partial charge in [0, 0.05) is 17.2 Å². The fourth-order valence-electron chi connectivity index (χ4n) is 2.60. The second-order valence-corrected chi connectivity index (χ2v) is 6.42. The van der Waals surface area contributed by atoms with Gasteiger partial charge in [-0.3, -0.25) is 14.6 Å². The van der Waals surface area contributed by atoms with Gasteiger partial charge >= 0.3 is 5.97 Å². The minimum Gasteiger partial charge on any atom is -0.478 e. The van der Waals surface area contributed by atoms with E-state index in [-0.39, 0.29) is 46.5 Å². The van der Waals surface area contributed by atoms with Crippen LogP contribution in [0, 0.1) is 5.92 Å². The van der Waals surface area contributed by atoms with E-state index in [4.69, 9.17) is 5.73 Å². The molecule has 0 unspecified atom stereocenters. The first-order chi connectivity index (χ1) is 13.3. The largest absolute Gasteiger partial charge is 0.478 e. The number of carbonyl (C=O) groups is 2. The summed E-state index contributed by atoms with van der Waals surface area (Å²) in [6.45, 7) is 3.61. The van der Waals surface area contributed by atoms with Crippen molar-refractivity contribution in [2.24, 2.45) is 5.92 Å². The molecule has 0 atom stereocenters. The van der Waals surface area contributed by atoms with Gasteiger partial charge in [0.05, 0.1) is 24.0 Å². The van der Waals surface area contributed by atoms with Crippen LogP contribution in [-0.2, 0) is 6.54 Å². The van der Waals surface area contributed by atoms with Crippen molar-refractivity contribution in [3.05, 3.63) is 51.6 Å². The first-order valence-corrected chi connectivity index (χ1v) is 8.43. The molecule has 3 aromatic rings. The highest BCUT2D eigenvalue weighted by atomic mass is 16.4. The van der Waals surface area contributed by atoms with Crippen LogP contribution >= 0.6 is 0 Å². The van der Waals surface area contributed by atoms with Crippen molar-refractivity contribution in [3.8, 4) is 0 Å². The van der Waals surface area contributed by atoms with Gasteiger partial charge in [0.15, 0.2) is 16.9 Å². The summed E-state index contributed by atoms with van der Waals surface area (Å²) >= 11 is 0. The average molecular weight is 382 g/mol. The molecule has 0 aliphatic rings. The summed E-state index contributed by atoms with van der Waals surface area (Å²) in [4.78, 5) is 50.2. The van der Waals surface area contributed by atoms with Crippen molar-refractivity contribution in [2.75, 3.05) is 11.1 Å². The van der Waals surface area contributed by atoms with Crippen LogP contribution in [0.25, 0.3) is 11.2 Å². The molecule has 0 amide bonds. The number of Topliss-reactive ketones (excluding diaryl/α,β-unsaturated/α-hetero) is 1. The van der Waals surface area contributed by atoms with E-state index in [0.29, 0.717) is 11.4 Å². The molecule has 0 bridgehead atoms. The third kappa shape index (κ3) is 3.80. The monoisotopic (exact) mass is 382 g/mol. The van der Waals surface area contributed by atoms with E-state index in [1.807, 2.05) is 0 Å². The number of nitrogens with zero attached hydrogens (tertiary/aromatic N) is 3. The van der Waals surface area contributed by atoms with Crippen molar-refractivity contribution in [1.29, 1.82) is 0 Å². The Balaban J connectivity index is 1.87. The van der Waals surface area contributed by atoms with Crippen molar-refractivity contribution in [3.63, 3.8) is 0 Å². The van der Waals surface area contributed by atoms with E-state index in [2.05, 4.69) is 25.3 Å². The quantitative estimate of drug-likeness (QED) is 0.462. The smallest absolute Gasteiger partial charge is 0.336 e. The number of rotatable bonds is 6. The molecule has 0 saturated carbocycles. The second-order valence-electron chi connectivity index (χ2n) is 6.42. The summed E-state index contributed by atoms with van der Waals surface area (Å²) in [5.41, 5.74) is 6.27. The number of ketones is 1. The second kappa shape index (κ2) is 7.43. The predicted octanol–water partition coefficient (Wildman–Crippen LogP) is 1.44. The van der Waals surface area contributed by atoms with Gasteiger partial charge < -0.3 is 16.2 Å². The van der Waals surface area contributed by atoms with E-state index in [1.165, 1.54) is 18.3 Å². The fraction of sp³-hybridized carbons (Fsp3) is 0.222. The Morgan fingerprint density at radius 3 is 2.68 bits per heavy atom. The zero-order valence-corrected chi connectivity index (χ0v) is 15.2. The molecule has 1 aromatic carbocycles. The molecule has 10 nitrogen and oxygen atoms in total. The van der Waals surface area contributed by atoms with E-state index in [1.54, 1.807) is 19.9 Å². The zero-order chi connectivity index (χ0) is 20.4. The minimum atomic E-state index is -1.16. The lowest BCUT2D eigenvalue weighted by Gasteiger charge is -2.12. The van der Waals surface area contributed by atoms with Gasteiger partial charge in [-0.1, -0.05) is 13.8 Å². The topological polar surface area (TPSA) is 164 Å². The van der Waals surface area contributed by atoms with E-state index in [0.717, 1.165) is 0 Å². The summed E-state index contributed by atoms with van der Waals surface area (Å²) in [6, 6.07) is 4.43. The van der Waals surface area contributed by atoms with Crippen molar-refractivity contribution >= 4 is 34.6 Å². The lowest BCUT2D eigenvalue weighted by molar-refractivity contribution is 0.0691. The molecule has 0 spiro atoms. The molecule has 0 aliphatic heterocycles. The molecule has 10 heteroatoms. The molecule has 0 fully saturated rings. The van der Waals surface area contributed by atoms with Gasteiger partial charge in [0.25, 0.3) is 5.56 Å². The van der Waals surface area contributed by atoms with E-state index in [9.17, 15) is 19.5 Å². The molecule has 0 saturated heterocycles. The van der Waals surface area contributed by atoms with Crippen LogP contribution in [0.3, 0.4) is 0 Å². The fourth-order valence-corrected chi connectivity index (χ4v) is 2.60. The molecule has 3 rings (SSSR count). The number of aromatic amines is 1. The number of carboxylic acids is 1. The molecule has 0 aliphatic carbocycles. The summed E-state index contributed by atoms with van der Waals surface area (Å²) < 4.78 is 0. The number of aromatic carboxylic acids is 1. The number of aromatic nitrogens is 4. The molecule has 28 heavy (non-hydrogen) atoms. The molecule has 0 radical (unpaired) electrons. The van der Waals surface area contributed by atoms with Gasteiger partial charge in [0.2, 0.25) is 5.95 Å². The molecular formula is C18H18N6O4. The molecule has 2 aromatic heterocycles. The predicted molar refractivity (Wildman–Crippen MR) is 102 cm³/mol. The van der Waals surface area contributed by atoms with Crippen LogP contribution < -0.4 is 16.6 Å². The summed E-state index contributed by atoms with van der Waals surface area (Å²) in [5.74, 6) is -1.81. The number of hydrogen-bond donors (Lipinski definition) is 4. The number of anilines is 2. The summed E-state index contributed by atoms with van der Waals surface area (Å²) in [6.07, 6.45) is 1.45. The number of H-pyrrole nitrogens is 1. The number of nitrogens with one attached hydrogen (secondary N) is 2. The molecule has 5 N–H and O–H groups in total. The van der Waals surface area contributed by atoms with Crippen LogP contribution in [0.4, 0.5) is 11.6 Å². The number of hydrogen-bond acceptors (Lipinski definition) is 8. The van der Waals surface area contributed by atoms with Gasteiger partial charge in [-0.05, 0) is 18.2 Å². The lowest BCUT2D eigenvalue weighted by Crippen LogP contribution is -2.15. The van der Waals surface area contributed by atoms with Gasteiger partial charge in [-0.15, -0.1) is 0 Å². The highest BCUT2D eigenvalue weighted by molar-refractivity contribution is 6.07. The molecule has 2 heterocycles. The minimum absolute atomic E-state index is 0.0430. The Kier molecular flexibility index (Phi) is 5.03. The number of carbonyl (C=O) groups excluding carboxylic acids is 1. The van der Waals surface area contributed by atoms with Crippen molar-refractivity contribution < 1.29 is 14.7 Å². The Hall–Kier alpha value is -3.82. The average Bonchev–Trinajstić information content (AvgIpc) is 2.65. The zero-order valence-electron chi connectivity index (χ0n) is 15.2. The highest BCUT2D eigenvalue weighted by Gasteiger charge is 2.19. The maximum Gasteiger partial charge on any atom is 0.336 e. The first-order valence-electron chi connectivity index (χ1n) is 8.43. The highest BCUT2D eigenvalue weighted by Crippen LogP contribution is 2.20. The normalized spacial score (nSPS) is 11.0. The summed E-state index contributed by atoms with van der Waals surface area (Å²) in [5, 5.41) is 12.4. The maximum absolute atomic E-state index is 12.3. The maximum atomic E-state index is 12.3. The van der Waals surface area contributed by atoms with Crippen LogP contribution in [0.1, 0.15) is 40.3 Å². The number of nitrogen functional groups attached to an aromatic ring is 1.